The van der Waals surface area contributed by atoms with E-state index in [9.17, 15) is 9.59 Å². The van der Waals surface area contributed by atoms with E-state index < -0.39 is 0 Å². The van der Waals surface area contributed by atoms with Crippen molar-refractivity contribution in [2.75, 3.05) is 0 Å². The van der Waals surface area contributed by atoms with Gasteiger partial charge in [0, 0.05) is 17.3 Å². The highest BCUT2D eigenvalue weighted by molar-refractivity contribution is 6.05. The second kappa shape index (κ2) is 6.23. The number of fused-ring (bicyclic) bond motifs is 3. The van der Waals surface area contributed by atoms with Crippen LogP contribution < -0.4 is 11.1 Å². The van der Waals surface area contributed by atoms with Gasteiger partial charge in [-0.05, 0) is 41.2 Å². The average Bonchev–Trinajstić information content (AvgIpc) is 2.64. The normalized spacial score (nSPS) is 12.0. The molecule has 0 spiro atoms. The van der Waals surface area contributed by atoms with Crippen molar-refractivity contribution in [3.8, 4) is 0 Å². The molecule has 0 aliphatic carbocycles. The number of rotatable bonds is 3. The van der Waals surface area contributed by atoms with E-state index >= 15 is 0 Å². The molecule has 0 aliphatic rings. The summed E-state index contributed by atoms with van der Waals surface area (Å²) in [5, 5.41) is 2.88. The summed E-state index contributed by atoms with van der Waals surface area (Å²) in [5.41, 5.74) is -0.199. The molecular formula is C21H23NO2. The fraction of sp³-hybridized carbons (Fsp3) is 0.333. The van der Waals surface area contributed by atoms with Crippen LogP contribution in [-0.2, 0) is 6.54 Å². The average molecular weight is 321 g/mol. The minimum absolute atomic E-state index is 0.188. The molecular weight excluding hydrogens is 298 g/mol. The highest BCUT2D eigenvalue weighted by atomic mass is 16.2. The van der Waals surface area contributed by atoms with Gasteiger partial charge >= 0.3 is 0 Å². The zero-order chi connectivity index (χ0) is 17.3. The van der Waals surface area contributed by atoms with E-state index in [1.807, 2.05) is 48.5 Å². The summed E-state index contributed by atoms with van der Waals surface area (Å²) in [6.45, 7) is 6.97. The second-order valence-electron chi connectivity index (χ2n) is 7.52. The smallest absolute Gasteiger partial charge is 0.261 e. The highest BCUT2D eigenvalue weighted by Crippen LogP contribution is 2.21. The number of aromatic nitrogens is 1. The van der Waals surface area contributed by atoms with Crippen molar-refractivity contribution >= 4 is 21.5 Å². The van der Waals surface area contributed by atoms with Crippen molar-refractivity contribution in [3.63, 3.8) is 0 Å². The Hall–Kier alpha value is -2.42. The number of hydrogen-bond acceptors (Lipinski definition) is 2. The first-order valence-electron chi connectivity index (χ1n) is 8.43. The van der Waals surface area contributed by atoms with E-state index in [2.05, 4.69) is 20.8 Å². The maximum Gasteiger partial charge on any atom is 0.261 e. The number of benzene rings is 2. The van der Waals surface area contributed by atoms with Gasteiger partial charge in [-0.2, -0.15) is 0 Å². The van der Waals surface area contributed by atoms with Gasteiger partial charge in [0.2, 0.25) is 0 Å². The lowest BCUT2D eigenvalue weighted by atomic mass is 9.91. The molecule has 0 saturated heterocycles. The van der Waals surface area contributed by atoms with Gasteiger partial charge in [-0.1, -0.05) is 57.2 Å². The molecule has 0 atom stereocenters. The van der Waals surface area contributed by atoms with E-state index in [0.29, 0.717) is 17.3 Å². The van der Waals surface area contributed by atoms with Gasteiger partial charge < -0.3 is 0 Å². The van der Waals surface area contributed by atoms with E-state index in [0.717, 1.165) is 23.6 Å². The third kappa shape index (κ3) is 3.12. The molecule has 124 valence electrons. The van der Waals surface area contributed by atoms with E-state index in [-0.39, 0.29) is 16.5 Å². The molecule has 3 aromatic rings. The molecule has 0 unspecified atom stereocenters. The topological polar surface area (TPSA) is 39.1 Å². The van der Waals surface area contributed by atoms with Crippen LogP contribution in [0.15, 0.2) is 58.1 Å². The molecule has 0 saturated carbocycles. The van der Waals surface area contributed by atoms with Gasteiger partial charge in [0.05, 0.1) is 0 Å². The van der Waals surface area contributed by atoms with Crippen molar-refractivity contribution in [1.29, 1.82) is 0 Å². The Morgan fingerprint density at radius 3 is 1.58 bits per heavy atom. The fourth-order valence-corrected chi connectivity index (χ4v) is 3.16. The predicted molar refractivity (Wildman–Crippen MR) is 101 cm³/mol. The first kappa shape index (κ1) is 16.4. The molecule has 0 radical (unpaired) electrons. The van der Waals surface area contributed by atoms with E-state index in [1.165, 1.54) is 4.57 Å². The quantitative estimate of drug-likeness (QED) is 0.720. The summed E-state index contributed by atoms with van der Waals surface area (Å²) < 4.78 is 1.41. The minimum atomic E-state index is -0.194. The van der Waals surface area contributed by atoms with Crippen LogP contribution in [0.25, 0.3) is 21.5 Å². The second-order valence-corrected chi connectivity index (χ2v) is 7.52. The van der Waals surface area contributed by atoms with Crippen LogP contribution in [0.3, 0.4) is 0 Å². The summed E-state index contributed by atoms with van der Waals surface area (Å²) in [7, 11) is 0. The molecule has 3 rings (SSSR count). The Morgan fingerprint density at radius 2 is 1.17 bits per heavy atom. The third-order valence-electron chi connectivity index (χ3n) is 4.40. The maximum absolute atomic E-state index is 13.0. The molecule has 0 aliphatic heterocycles. The van der Waals surface area contributed by atoms with Crippen LogP contribution in [0.2, 0.25) is 0 Å². The van der Waals surface area contributed by atoms with Gasteiger partial charge in [-0.3, -0.25) is 14.2 Å². The summed E-state index contributed by atoms with van der Waals surface area (Å²) in [6, 6.07) is 15.0. The van der Waals surface area contributed by atoms with Crippen molar-refractivity contribution in [2.24, 2.45) is 5.41 Å². The molecule has 1 heterocycles. The Morgan fingerprint density at radius 1 is 0.750 bits per heavy atom. The molecule has 3 nitrogen and oxygen atoms in total. The molecule has 3 heteroatoms. The number of hydrogen-bond donors (Lipinski definition) is 0. The zero-order valence-electron chi connectivity index (χ0n) is 14.5. The van der Waals surface area contributed by atoms with Crippen LogP contribution in [0.1, 0.15) is 33.6 Å². The molecule has 24 heavy (non-hydrogen) atoms. The van der Waals surface area contributed by atoms with Crippen LogP contribution >= 0.6 is 0 Å². The summed E-state index contributed by atoms with van der Waals surface area (Å²) in [5.74, 6) is 0. The summed E-state index contributed by atoms with van der Waals surface area (Å²) in [4.78, 5) is 26.0. The zero-order valence-corrected chi connectivity index (χ0v) is 14.5. The molecule has 2 aromatic carbocycles. The van der Waals surface area contributed by atoms with E-state index in [1.54, 1.807) is 0 Å². The fourth-order valence-electron chi connectivity index (χ4n) is 3.16. The van der Waals surface area contributed by atoms with Crippen molar-refractivity contribution in [1.82, 2.24) is 4.57 Å². The van der Waals surface area contributed by atoms with Gasteiger partial charge in [0.15, 0.2) is 0 Å². The molecule has 0 fully saturated rings. The van der Waals surface area contributed by atoms with Crippen LogP contribution in [-0.4, -0.2) is 4.57 Å². The monoisotopic (exact) mass is 321 g/mol. The van der Waals surface area contributed by atoms with Gasteiger partial charge in [-0.15, -0.1) is 0 Å². The van der Waals surface area contributed by atoms with Crippen LogP contribution in [0.5, 0.6) is 0 Å². The summed E-state index contributed by atoms with van der Waals surface area (Å²) >= 11 is 0. The van der Waals surface area contributed by atoms with Crippen molar-refractivity contribution < 1.29 is 0 Å². The van der Waals surface area contributed by atoms with Gasteiger partial charge in [0.25, 0.3) is 11.1 Å². The Bertz CT molecular complexity index is 937. The lowest BCUT2D eigenvalue weighted by Gasteiger charge is -2.17. The molecule has 0 N–H and O–H groups in total. The first-order valence-corrected chi connectivity index (χ1v) is 8.43. The Labute approximate surface area is 141 Å². The molecule has 0 bridgehead atoms. The Balaban J connectivity index is 2.29. The minimum Gasteiger partial charge on any atom is -0.274 e. The van der Waals surface area contributed by atoms with Gasteiger partial charge in [-0.25, -0.2) is 0 Å². The van der Waals surface area contributed by atoms with Gasteiger partial charge in [0.1, 0.15) is 0 Å². The van der Waals surface area contributed by atoms with Crippen molar-refractivity contribution in [2.45, 2.75) is 40.2 Å². The molecule has 1 aromatic heterocycles. The largest absolute Gasteiger partial charge is 0.274 e. The highest BCUT2D eigenvalue weighted by Gasteiger charge is 2.13. The lowest BCUT2D eigenvalue weighted by molar-refractivity contribution is 0.351. The third-order valence-corrected chi connectivity index (χ3v) is 4.40. The van der Waals surface area contributed by atoms with Crippen molar-refractivity contribution in [3.05, 3.63) is 69.2 Å². The Kier molecular flexibility index (Phi) is 4.27. The first-order chi connectivity index (χ1) is 11.4. The standard InChI is InChI=1S/C21H23NO2/c1-21(2,3)13-8-14-22-19(23)17-11-6-4-9-15(17)16-10-5-7-12-18(16)20(22)24/h4-7,9-12H,8,13-14H2,1-3H3. The van der Waals surface area contributed by atoms with Crippen LogP contribution in [0.4, 0.5) is 0 Å². The maximum atomic E-state index is 13.0. The molecule has 0 amide bonds. The van der Waals surface area contributed by atoms with Crippen LogP contribution in [0, 0.1) is 5.41 Å². The number of nitrogens with zero attached hydrogens (tertiary/aromatic N) is 1. The van der Waals surface area contributed by atoms with E-state index in [4.69, 9.17) is 0 Å². The SMILES string of the molecule is CC(C)(C)CCCn1c(=O)c2ccccc2c2ccccc2c1=O. The predicted octanol–water partition coefficient (Wildman–Crippen LogP) is 4.34. The summed E-state index contributed by atoms with van der Waals surface area (Å²) in [6.07, 6.45) is 1.78. The lowest BCUT2D eigenvalue weighted by Crippen LogP contribution is -2.30.